The molecular formula is C22H22FN3O2. The highest BCUT2D eigenvalue weighted by atomic mass is 19.1. The number of hydrogen-bond acceptors (Lipinski definition) is 4. The van der Waals surface area contributed by atoms with Crippen LogP contribution in [-0.2, 0) is 11.3 Å². The molecule has 144 valence electrons. The maximum Gasteiger partial charge on any atom is 0.241 e. The number of pyridine rings is 1. The van der Waals surface area contributed by atoms with Gasteiger partial charge in [-0.2, -0.15) is 0 Å². The highest BCUT2D eigenvalue weighted by Gasteiger charge is 2.31. The molecule has 1 aliphatic heterocycles. The summed E-state index contributed by atoms with van der Waals surface area (Å²) in [7, 11) is 1.61. The topological polar surface area (TPSA) is 54.5 Å². The molecule has 4 rings (SSSR count). The number of benzene rings is 2. The third-order valence-corrected chi connectivity index (χ3v) is 5.20. The number of nitrogens with one attached hydrogen (secondary N) is 1. The second-order valence-electron chi connectivity index (χ2n) is 6.95. The van der Waals surface area contributed by atoms with Gasteiger partial charge in [0.2, 0.25) is 5.91 Å². The highest BCUT2D eigenvalue weighted by molar-refractivity contribution is 5.95. The minimum Gasteiger partial charge on any atom is -0.497 e. The number of carbonyl (C=O) groups is 1. The van der Waals surface area contributed by atoms with Gasteiger partial charge in [0, 0.05) is 23.8 Å². The molecule has 1 amide bonds. The summed E-state index contributed by atoms with van der Waals surface area (Å²) in [6.45, 7) is 1.39. The molecule has 1 atom stereocenters. The summed E-state index contributed by atoms with van der Waals surface area (Å²) in [4.78, 5) is 19.3. The predicted octanol–water partition coefficient (Wildman–Crippen LogP) is 3.99. The van der Waals surface area contributed by atoms with Gasteiger partial charge in [-0.05, 0) is 67.4 Å². The molecular weight excluding hydrogens is 357 g/mol. The third-order valence-electron chi connectivity index (χ3n) is 5.20. The van der Waals surface area contributed by atoms with Crippen molar-refractivity contribution < 1.29 is 13.9 Å². The van der Waals surface area contributed by atoms with E-state index in [-0.39, 0.29) is 17.8 Å². The number of halogens is 1. The lowest BCUT2D eigenvalue weighted by atomic mass is 10.1. The minimum atomic E-state index is -0.276. The summed E-state index contributed by atoms with van der Waals surface area (Å²) in [5, 5.41) is 3.50. The third kappa shape index (κ3) is 3.68. The fraction of sp³-hybridized carbons (Fsp3) is 0.273. The summed E-state index contributed by atoms with van der Waals surface area (Å²) in [6.07, 6.45) is 3.42. The van der Waals surface area contributed by atoms with Crippen molar-refractivity contribution in [2.24, 2.45) is 0 Å². The van der Waals surface area contributed by atoms with Crippen LogP contribution in [-0.4, -0.2) is 35.5 Å². The molecule has 5 nitrogen and oxygen atoms in total. The Balaban J connectivity index is 1.50. The SMILES string of the molecule is COc1ccc(NC(=O)C2CCCN2Cc2ccc(F)c3cccnc23)cc1. The van der Waals surface area contributed by atoms with E-state index in [1.807, 2.05) is 24.3 Å². The Bertz CT molecular complexity index is 991. The molecule has 1 fully saturated rings. The van der Waals surface area contributed by atoms with Crippen LogP contribution in [0.1, 0.15) is 18.4 Å². The monoisotopic (exact) mass is 379 g/mol. The Morgan fingerprint density at radius 1 is 1.25 bits per heavy atom. The molecule has 2 aromatic carbocycles. The van der Waals surface area contributed by atoms with Gasteiger partial charge in [-0.25, -0.2) is 4.39 Å². The largest absolute Gasteiger partial charge is 0.497 e. The Labute approximate surface area is 163 Å². The van der Waals surface area contributed by atoms with Crippen molar-refractivity contribution in [1.29, 1.82) is 0 Å². The normalized spacial score (nSPS) is 17.0. The molecule has 0 bridgehead atoms. The van der Waals surface area contributed by atoms with E-state index in [1.54, 1.807) is 31.5 Å². The highest BCUT2D eigenvalue weighted by Crippen LogP contribution is 2.26. The van der Waals surface area contributed by atoms with E-state index in [9.17, 15) is 9.18 Å². The van der Waals surface area contributed by atoms with Crippen molar-refractivity contribution in [1.82, 2.24) is 9.88 Å². The first-order valence-corrected chi connectivity index (χ1v) is 9.37. The number of anilines is 1. The molecule has 3 aromatic rings. The van der Waals surface area contributed by atoms with Crippen molar-refractivity contribution >= 4 is 22.5 Å². The van der Waals surface area contributed by atoms with Crippen LogP contribution in [0.5, 0.6) is 5.75 Å². The van der Waals surface area contributed by atoms with Crippen LogP contribution in [0.3, 0.4) is 0 Å². The minimum absolute atomic E-state index is 0.0259. The van der Waals surface area contributed by atoms with Gasteiger partial charge in [0.1, 0.15) is 11.6 Å². The van der Waals surface area contributed by atoms with Crippen LogP contribution in [0.4, 0.5) is 10.1 Å². The zero-order valence-corrected chi connectivity index (χ0v) is 15.7. The summed E-state index contributed by atoms with van der Waals surface area (Å²) < 4.78 is 19.2. The Hall–Kier alpha value is -2.99. The molecule has 6 heteroatoms. The van der Waals surface area contributed by atoms with E-state index in [2.05, 4.69) is 15.2 Å². The number of aromatic nitrogens is 1. The molecule has 1 saturated heterocycles. The van der Waals surface area contributed by atoms with Crippen LogP contribution >= 0.6 is 0 Å². The first-order chi connectivity index (χ1) is 13.7. The molecule has 1 aliphatic rings. The molecule has 28 heavy (non-hydrogen) atoms. The van der Waals surface area contributed by atoms with Crippen molar-refractivity contribution in [2.75, 3.05) is 19.0 Å². The van der Waals surface area contributed by atoms with Crippen molar-refractivity contribution in [3.63, 3.8) is 0 Å². The number of methoxy groups -OCH3 is 1. The smallest absolute Gasteiger partial charge is 0.241 e. The molecule has 1 unspecified atom stereocenters. The lowest BCUT2D eigenvalue weighted by molar-refractivity contribution is -0.120. The van der Waals surface area contributed by atoms with E-state index in [1.165, 1.54) is 6.07 Å². The lowest BCUT2D eigenvalue weighted by Gasteiger charge is -2.24. The second-order valence-corrected chi connectivity index (χ2v) is 6.95. The Kier molecular flexibility index (Phi) is 5.21. The maximum absolute atomic E-state index is 14.1. The Morgan fingerprint density at radius 2 is 2.07 bits per heavy atom. The van der Waals surface area contributed by atoms with E-state index in [4.69, 9.17) is 4.74 Å². The average molecular weight is 379 g/mol. The fourth-order valence-electron chi connectivity index (χ4n) is 3.75. The second kappa shape index (κ2) is 7.94. The molecule has 1 aromatic heterocycles. The molecule has 0 saturated carbocycles. The van der Waals surface area contributed by atoms with E-state index in [0.29, 0.717) is 17.4 Å². The number of rotatable bonds is 5. The van der Waals surface area contributed by atoms with Gasteiger partial charge in [-0.1, -0.05) is 6.07 Å². The number of amides is 1. The van der Waals surface area contributed by atoms with E-state index >= 15 is 0 Å². The predicted molar refractivity (Wildman–Crippen MR) is 107 cm³/mol. The van der Waals surface area contributed by atoms with Crippen molar-refractivity contribution in [3.05, 3.63) is 66.1 Å². The number of ether oxygens (including phenoxy) is 1. The molecule has 0 radical (unpaired) electrons. The van der Waals surface area contributed by atoms with Gasteiger partial charge in [-0.3, -0.25) is 14.7 Å². The van der Waals surface area contributed by atoms with Gasteiger partial charge in [0.15, 0.2) is 0 Å². The zero-order chi connectivity index (χ0) is 19.5. The van der Waals surface area contributed by atoms with Crippen LogP contribution < -0.4 is 10.1 Å². The summed E-state index contributed by atoms with van der Waals surface area (Å²) in [6, 6.07) is 13.8. The van der Waals surface area contributed by atoms with Crippen LogP contribution in [0.2, 0.25) is 0 Å². The molecule has 2 heterocycles. The van der Waals surface area contributed by atoms with Gasteiger partial charge in [-0.15, -0.1) is 0 Å². The average Bonchev–Trinajstić information content (AvgIpc) is 3.19. The van der Waals surface area contributed by atoms with Gasteiger partial charge in [0.05, 0.1) is 18.7 Å². The van der Waals surface area contributed by atoms with Gasteiger partial charge >= 0.3 is 0 Å². The van der Waals surface area contributed by atoms with E-state index < -0.39 is 0 Å². The number of nitrogens with zero attached hydrogens (tertiary/aromatic N) is 2. The van der Waals surface area contributed by atoms with Crippen LogP contribution in [0.15, 0.2) is 54.7 Å². The number of carbonyl (C=O) groups excluding carboxylic acids is 1. The summed E-state index contributed by atoms with van der Waals surface area (Å²) in [5.74, 6) is 0.445. The molecule has 0 aliphatic carbocycles. The zero-order valence-electron chi connectivity index (χ0n) is 15.7. The quantitative estimate of drug-likeness (QED) is 0.728. The summed E-state index contributed by atoms with van der Waals surface area (Å²) >= 11 is 0. The Morgan fingerprint density at radius 3 is 2.86 bits per heavy atom. The van der Waals surface area contributed by atoms with Crippen LogP contribution in [0.25, 0.3) is 10.9 Å². The van der Waals surface area contributed by atoms with Gasteiger partial charge in [0.25, 0.3) is 0 Å². The lowest BCUT2D eigenvalue weighted by Crippen LogP contribution is -2.39. The molecule has 1 N–H and O–H groups in total. The number of likely N-dealkylation sites (tertiary alicyclic amines) is 1. The maximum atomic E-state index is 14.1. The first-order valence-electron chi connectivity index (χ1n) is 9.37. The van der Waals surface area contributed by atoms with Crippen LogP contribution in [0, 0.1) is 5.82 Å². The standard InChI is InChI=1S/C22H22FN3O2/c1-28-17-9-7-16(8-10-17)25-22(27)20-5-3-13-26(20)14-15-6-11-19(23)18-4-2-12-24-21(15)18/h2,4,6-12,20H,3,5,13-14H2,1H3,(H,25,27). The van der Waals surface area contributed by atoms with Gasteiger partial charge < -0.3 is 10.1 Å². The first kappa shape index (κ1) is 18.4. The molecule has 0 spiro atoms. The summed E-state index contributed by atoms with van der Waals surface area (Å²) in [5.41, 5.74) is 2.33. The number of fused-ring (bicyclic) bond motifs is 1. The number of hydrogen-bond donors (Lipinski definition) is 1. The fourth-order valence-corrected chi connectivity index (χ4v) is 3.75. The van der Waals surface area contributed by atoms with Crippen molar-refractivity contribution in [2.45, 2.75) is 25.4 Å². The van der Waals surface area contributed by atoms with E-state index in [0.717, 1.165) is 36.4 Å². The van der Waals surface area contributed by atoms with Crippen molar-refractivity contribution in [3.8, 4) is 5.75 Å².